The van der Waals surface area contributed by atoms with Crippen LogP contribution in [0.15, 0.2) is 24.3 Å². The Kier molecular flexibility index (Phi) is 4.13. The van der Waals surface area contributed by atoms with Crippen LogP contribution in [0.3, 0.4) is 0 Å². The van der Waals surface area contributed by atoms with Gasteiger partial charge in [0.25, 0.3) is 0 Å². The fourth-order valence-corrected chi connectivity index (χ4v) is 4.18. The maximum absolute atomic E-state index is 6.64. The van der Waals surface area contributed by atoms with Crippen LogP contribution in [-0.4, -0.2) is 12.2 Å². The van der Waals surface area contributed by atoms with Crippen LogP contribution in [0.5, 0.6) is 0 Å². The largest absolute Gasteiger partial charge is 0.375 e. The zero-order valence-electron chi connectivity index (χ0n) is 12.6. The highest BCUT2D eigenvalue weighted by atomic mass is 16.5. The van der Waals surface area contributed by atoms with E-state index in [0.717, 1.165) is 25.9 Å². The van der Waals surface area contributed by atoms with Gasteiger partial charge in [-0.15, -0.1) is 0 Å². The highest BCUT2D eigenvalue weighted by molar-refractivity contribution is 5.30. The van der Waals surface area contributed by atoms with Gasteiger partial charge in [-0.05, 0) is 49.1 Å². The Balaban J connectivity index is 1.77. The zero-order valence-corrected chi connectivity index (χ0v) is 12.6. The van der Waals surface area contributed by atoms with E-state index in [9.17, 15) is 0 Å². The van der Waals surface area contributed by atoms with Crippen molar-refractivity contribution >= 4 is 0 Å². The first-order valence-electron chi connectivity index (χ1n) is 8.21. The molecule has 1 aliphatic carbocycles. The summed E-state index contributed by atoms with van der Waals surface area (Å²) in [6.45, 7) is 3.11. The Morgan fingerprint density at radius 3 is 2.80 bits per heavy atom. The van der Waals surface area contributed by atoms with Gasteiger partial charge in [0.2, 0.25) is 0 Å². The maximum Gasteiger partial charge on any atom is 0.0685 e. The second-order valence-corrected chi connectivity index (χ2v) is 6.57. The Labute approximate surface area is 122 Å². The third kappa shape index (κ3) is 2.64. The highest BCUT2D eigenvalue weighted by Gasteiger charge is 2.41. The molecule has 0 amide bonds. The Bertz CT molecular complexity index is 450. The Hall–Kier alpha value is -0.860. The van der Waals surface area contributed by atoms with Crippen molar-refractivity contribution in [2.45, 2.75) is 63.5 Å². The van der Waals surface area contributed by atoms with E-state index in [2.05, 4.69) is 31.2 Å². The van der Waals surface area contributed by atoms with Crippen molar-refractivity contribution in [3.63, 3.8) is 0 Å². The van der Waals surface area contributed by atoms with Gasteiger partial charge in [0.15, 0.2) is 0 Å². The van der Waals surface area contributed by atoms with Gasteiger partial charge in [-0.2, -0.15) is 0 Å². The van der Waals surface area contributed by atoms with Gasteiger partial charge in [0.05, 0.1) is 5.60 Å². The van der Waals surface area contributed by atoms with Crippen LogP contribution in [0.4, 0.5) is 0 Å². The molecule has 2 fully saturated rings. The monoisotopic (exact) mass is 273 g/mol. The smallest absolute Gasteiger partial charge is 0.0685 e. The van der Waals surface area contributed by atoms with Gasteiger partial charge in [-0.1, -0.05) is 44.0 Å². The normalized spacial score (nSPS) is 26.8. The van der Waals surface area contributed by atoms with Crippen molar-refractivity contribution in [1.29, 1.82) is 0 Å². The lowest BCUT2D eigenvalue weighted by atomic mass is 9.78. The van der Waals surface area contributed by atoms with Gasteiger partial charge in [-0.25, -0.2) is 0 Å². The molecule has 1 heterocycles. The SMILES string of the molecule is CCc1ccccc1C(N)C1CCOC2(CCCC2)C1. The van der Waals surface area contributed by atoms with Crippen LogP contribution >= 0.6 is 0 Å². The van der Waals surface area contributed by atoms with Crippen molar-refractivity contribution in [3.05, 3.63) is 35.4 Å². The first kappa shape index (κ1) is 14.1. The summed E-state index contributed by atoms with van der Waals surface area (Å²) < 4.78 is 6.14. The summed E-state index contributed by atoms with van der Waals surface area (Å²) in [6.07, 6.45) is 8.48. The van der Waals surface area contributed by atoms with Crippen LogP contribution in [-0.2, 0) is 11.2 Å². The van der Waals surface area contributed by atoms with Crippen molar-refractivity contribution in [1.82, 2.24) is 0 Å². The van der Waals surface area contributed by atoms with E-state index in [-0.39, 0.29) is 11.6 Å². The predicted octanol–water partition coefficient (Wildman–Crippen LogP) is 3.99. The van der Waals surface area contributed by atoms with E-state index in [1.54, 1.807) is 0 Å². The van der Waals surface area contributed by atoms with Crippen molar-refractivity contribution < 1.29 is 4.74 Å². The van der Waals surface area contributed by atoms with Gasteiger partial charge in [0.1, 0.15) is 0 Å². The quantitative estimate of drug-likeness (QED) is 0.903. The fourth-order valence-electron chi connectivity index (χ4n) is 4.18. The first-order chi connectivity index (χ1) is 9.74. The van der Waals surface area contributed by atoms with E-state index < -0.39 is 0 Å². The van der Waals surface area contributed by atoms with Crippen LogP contribution in [0, 0.1) is 5.92 Å². The second kappa shape index (κ2) is 5.87. The van der Waals surface area contributed by atoms with Crippen LogP contribution < -0.4 is 5.73 Å². The number of hydrogen-bond donors (Lipinski definition) is 1. The molecule has 1 aromatic rings. The molecule has 3 rings (SSSR count). The summed E-state index contributed by atoms with van der Waals surface area (Å²) in [5.74, 6) is 0.578. The van der Waals surface area contributed by atoms with E-state index in [0.29, 0.717) is 5.92 Å². The van der Waals surface area contributed by atoms with Gasteiger partial charge < -0.3 is 10.5 Å². The second-order valence-electron chi connectivity index (χ2n) is 6.57. The molecule has 1 aromatic carbocycles. The van der Waals surface area contributed by atoms with Gasteiger partial charge in [-0.3, -0.25) is 0 Å². The van der Waals surface area contributed by atoms with Crippen molar-refractivity contribution in [2.75, 3.05) is 6.61 Å². The number of rotatable bonds is 3. The molecular formula is C18H27NO. The lowest BCUT2D eigenvalue weighted by Crippen LogP contribution is -2.40. The molecule has 0 radical (unpaired) electrons. The summed E-state index contributed by atoms with van der Waals surface area (Å²) in [5, 5.41) is 0. The standard InChI is InChI=1S/C18H27NO/c1-2-14-7-3-4-8-16(14)17(19)15-9-12-20-18(13-15)10-5-6-11-18/h3-4,7-8,15,17H,2,5-6,9-13,19H2,1H3. The Morgan fingerprint density at radius 2 is 2.05 bits per heavy atom. The molecule has 2 heteroatoms. The van der Waals surface area contributed by atoms with E-state index in [1.807, 2.05) is 0 Å². The van der Waals surface area contributed by atoms with E-state index in [1.165, 1.54) is 36.8 Å². The summed E-state index contributed by atoms with van der Waals surface area (Å²) in [7, 11) is 0. The van der Waals surface area contributed by atoms with E-state index >= 15 is 0 Å². The fraction of sp³-hybridized carbons (Fsp3) is 0.667. The third-order valence-corrected chi connectivity index (χ3v) is 5.35. The number of nitrogens with two attached hydrogens (primary N) is 1. The molecule has 2 N–H and O–H groups in total. The molecule has 0 aromatic heterocycles. The number of hydrogen-bond acceptors (Lipinski definition) is 2. The molecular weight excluding hydrogens is 246 g/mol. The summed E-state index contributed by atoms with van der Waals surface area (Å²) in [5.41, 5.74) is 9.58. The van der Waals surface area contributed by atoms with Crippen molar-refractivity contribution in [2.24, 2.45) is 11.7 Å². The minimum atomic E-state index is 0.168. The van der Waals surface area contributed by atoms with Crippen LogP contribution in [0.2, 0.25) is 0 Å². The maximum atomic E-state index is 6.64. The number of aryl methyl sites for hydroxylation is 1. The minimum absolute atomic E-state index is 0.168. The third-order valence-electron chi connectivity index (χ3n) is 5.35. The summed E-state index contributed by atoms with van der Waals surface area (Å²) in [6, 6.07) is 8.86. The average Bonchev–Trinajstić information content (AvgIpc) is 2.94. The molecule has 110 valence electrons. The van der Waals surface area contributed by atoms with Gasteiger partial charge >= 0.3 is 0 Å². The lowest BCUT2D eigenvalue weighted by Gasteiger charge is -2.40. The average molecular weight is 273 g/mol. The molecule has 0 bridgehead atoms. The lowest BCUT2D eigenvalue weighted by molar-refractivity contribution is -0.0964. The molecule has 1 spiro atoms. The molecule has 1 aliphatic heterocycles. The van der Waals surface area contributed by atoms with Gasteiger partial charge in [0, 0.05) is 12.6 Å². The molecule has 1 saturated carbocycles. The number of ether oxygens (including phenoxy) is 1. The molecule has 2 nitrogen and oxygen atoms in total. The zero-order chi connectivity index (χ0) is 14.0. The van der Waals surface area contributed by atoms with Crippen LogP contribution in [0.25, 0.3) is 0 Å². The molecule has 20 heavy (non-hydrogen) atoms. The summed E-state index contributed by atoms with van der Waals surface area (Å²) >= 11 is 0. The molecule has 1 saturated heterocycles. The molecule has 2 aliphatic rings. The summed E-state index contributed by atoms with van der Waals surface area (Å²) in [4.78, 5) is 0. The minimum Gasteiger partial charge on any atom is -0.375 e. The predicted molar refractivity (Wildman–Crippen MR) is 82.6 cm³/mol. The van der Waals surface area contributed by atoms with Crippen molar-refractivity contribution in [3.8, 4) is 0 Å². The topological polar surface area (TPSA) is 35.2 Å². The number of benzene rings is 1. The Morgan fingerprint density at radius 1 is 1.30 bits per heavy atom. The highest BCUT2D eigenvalue weighted by Crippen LogP contribution is 2.45. The molecule has 2 unspecified atom stereocenters. The van der Waals surface area contributed by atoms with E-state index in [4.69, 9.17) is 10.5 Å². The first-order valence-corrected chi connectivity index (χ1v) is 8.21. The van der Waals surface area contributed by atoms with Crippen LogP contribution in [0.1, 0.15) is 62.6 Å². The molecule has 2 atom stereocenters.